The zero-order valence-electron chi connectivity index (χ0n) is 14.1. The van der Waals surface area contributed by atoms with Gasteiger partial charge in [0.05, 0.1) is 11.1 Å². The van der Waals surface area contributed by atoms with E-state index < -0.39 is 0 Å². The van der Waals surface area contributed by atoms with Gasteiger partial charge in [-0.2, -0.15) is 4.52 Å². The van der Waals surface area contributed by atoms with Crippen LogP contribution in [0.2, 0.25) is 0 Å². The summed E-state index contributed by atoms with van der Waals surface area (Å²) in [5.74, 6) is 0.667. The highest BCUT2D eigenvalue weighted by Crippen LogP contribution is 2.31. The molecule has 3 heterocycles. The Morgan fingerprint density at radius 2 is 2.04 bits per heavy atom. The molecule has 0 saturated heterocycles. The van der Waals surface area contributed by atoms with E-state index in [2.05, 4.69) is 15.1 Å². The minimum atomic E-state index is -0.211. The molecule has 4 aromatic rings. The van der Waals surface area contributed by atoms with Gasteiger partial charge in [0, 0.05) is 22.6 Å². The number of carbonyl (C=O) groups excluding carboxylic acids is 1. The van der Waals surface area contributed by atoms with Crippen molar-refractivity contribution in [2.75, 3.05) is 5.73 Å². The minimum absolute atomic E-state index is 0.168. The molecule has 0 unspecified atom stereocenters. The number of hydrogen-bond acceptors (Lipinski definition) is 7. The van der Waals surface area contributed by atoms with Crippen LogP contribution >= 0.6 is 11.3 Å². The number of primary amides is 1. The van der Waals surface area contributed by atoms with Crippen molar-refractivity contribution in [2.24, 2.45) is 5.73 Å². The van der Waals surface area contributed by atoms with Crippen LogP contribution in [0.3, 0.4) is 0 Å². The van der Waals surface area contributed by atoms with E-state index in [9.17, 15) is 9.90 Å². The monoisotopic (exact) mass is 370 g/mol. The standard InChI is InChI=1S/C13H9N5OS.C4H9NO/c14-13-15-9-4-2-1-3-7(9)12-16-11(17-18(12)13)8-5-20-6-10(8)19;1-2-3-4(5)6/h1-6,19H,(H2,14,15);2-3H2,1H3,(H2,5,6). The average molecular weight is 370 g/mol. The topological polar surface area (TPSA) is 132 Å². The molecule has 0 atom stereocenters. The largest absolute Gasteiger partial charge is 0.506 e. The van der Waals surface area contributed by atoms with E-state index in [1.54, 1.807) is 10.8 Å². The SMILES string of the molecule is CCCC(N)=O.Nc1nc2ccccc2c2nc(-c3cscc3O)nn12. The van der Waals surface area contributed by atoms with Gasteiger partial charge >= 0.3 is 0 Å². The highest BCUT2D eigenvalue weighted by atomic mass is 32.1. The van der Waals surface area contributed by atoms with E-state index in [0.29, 0.717) is 23.5 Å². The summed E-state index contributed by atoms with van der Waals surface area (Å²) in [7, 11) is 0. The molecule has 0 radical (unpaired) electrons. The van der Waals surface area contributed by atoms with Crippen LogP contribution in [-0.2, 0) is 4.79 Å². The molecule has 3 aromatic heterocycles. The van der Waals surface area contributed by atoms with Crippen molar-refractivity contribution in [3.8, 4) is 17.1 Å². The lowest BCUT2D eigenvalue weighted by Gasteiger charge is -2.00. The zero-order valence-corrected chi connectivity index (χ0v) is 14.9. The second-order valence-corrected chi connectivity index (χ2v) is 6.29. The van der Waals surface area contributed by atoms with Crippen LogP contribution in [0.15, 0.2) is 35.0 Å². The first kappa shape index (κ1) is 17.6. The number of aromatic hydroxyl groups is 1. The van der Waals surface area contributed by atoms with Crippen LogP contribution in [0.25, 0.3) is 27.9 Å². The second kappa shape index (κ2) is 7.36. The van der Waals surface area contributed by atoms with Crippen LogP contribution in [0, 0.1) is 0 Å². The van der Waals surface area contributed by atoms with Crippen molar-refractivity contribution in [3.63, 3.8) is 0 Å². The quantitative estimate of drug-likeness (QED) is 0.508. The third-order valence-corrected chi connectivity index (χ3v) is 4.31. The number of nitrogens with zero attached hydrogens (tertiary/aromatic N) is 4. The first-order chi connectivity index (χ1) is 12.5. The van der Waals surface area contributed by atoms with Gasteiger partial charge < -0.3 is 16.6 Å². The van der Waals surface area contributed by atoms with Crippen LogP contribution in [0.4, 0.5) is 5.95 Å². The summed E-state index contributed by atoms with van der Waals surface area (Å²) in [6, 6.07) is 7.61. The molecule has 0 aliphatic carbocycles. The molecule has 5 N–H and O–H groups in total. The molecule has 0 bridgehead atoms. The smallest absolute Gasteiger partial charge is 0.223 e. The summed E-state index contributed by atoms with van der Waals surface area (Å²) in [6.07, 6.45) is 1.37. The summed E-state index contributed by atoms with van der Waals surface area (Å²) >= 11 is 1.39. The maximum Gasteiger partial charge on any atom is 0.223 e. The Kier molecular flexibility index (Phi) is 4.99. The van der Waals surface area contributed by atoms with Crippen molar-refractivity contribution < 1.29 is 9.90 Å². The number of nitrogens with two attached hydrogens (primary N) is 2. The van der Waals surface area contributed by atoms with Crippen molar-refractivity contribution in [3.05, 3.63) is 35.0 Å². The molecule has 26 heavy (non-hydrogen) atoms. The van der Waals surface area contributed by atoms with E-state index in [0.717, 1.165) is 17.3 Å². The van der Waals surface area contributed by atoms with Crippen LogP contribution < -0.4 is 11.5 Å². The lowest BCUT2D eigenvalue weighted by Crippen LogP contribution is -2.08. The average Bonchev–Trinajstić information content (AvgIpc) is 3.22. The number of hydrogen-bond donors (Lipinski definition) is 3. The van der Waals surface area contributed by atoms with Crippen molar-refractivity contribution in [1.82, 2.24) is 19.6 Å². The number of benzene rings is 1. The lowest BCUT2D eigenvalue weighted by molar-refractivity contribution is -0.118. The first-order valence-electron chi connectivity index (χ1n) is 7.96. The number of thiophene rings is 1. The van der Waals surface area contributed by atoms with Gasteiger partial charge in [0.15, 0.2) is 11.5 Å². The van der Waals surface area contributed by atoms with Crippen molar-refractivity contribution in [1.29, 1.82) is 0 Å². The molecular weight excluding hydrogens is 352 g/mol. The Morgan fingerprint density at radius 3 is 2.65 bits per heavy atom. The summed E-state index contributed by atoms with van der Waals surface area (Å²) in [5.41, 5.74) is 12.7. The first-order valence-corrected chi connectivity index (χ1v) is 8.90. The fourth-order valence-electron chi connectivity index (χ4n) is 2.40. The molecule has 1 aromatic carbocycles. The Hall–Kier alpha value is -3.20. The molecular formula is C17H18N6O2S. The zero-order chi connectivity index (χ0) is 18.7. The molecule has 0 fully saturated rings. The van der Waals surface area contributed by atoms with Gasteiger partial charge in [-0.25, -0.2) is 9.97 Å². The van der Waals surface area contributed by atoms with E-state index in [-0.39, 0.29) is 17.6 Å². The van der Waals surface area contributed by atoms with E-state index in [1.807, 2.05) is 31.2 Å². The van der Waals surface area contributed by atoms with Crippen molar-refractivity contribution in [2.45, 2.75) is 19.8 Å². The molecule has 4 rings (SSSR count). The second-order valence-electron chi connectivity index (χ2n) is 5.54. The Balaban J connectivity index is 0.000000286. The van der Waals surface area contributed by atoms with Gasteiger partial charge in [-0.1, -0.05) is 19.1 Å². The van der Waals surface area contributed by atoms with Crippen LogP contribution in [0.5, 0.6) is 5.75 Å². The van der Waals surface area contributed by atoms with Gasteiger partial charge in [-0.15, -0.1) is 16.4 Å². The number of rotatable bonds is 3. The van der Waals surface area contributed by atoms with Crippen LogP contribution in [0.1, 0.15) is 19.8 Å². The third kappa shape index (κ3) is 3.42. The lowest BCUT2D eigenvalue weighted by atomic mass is 10.2. The molecule has 0 saturated carbocycles. The van der Waals surface area contributed by atoms with Gasteiger partial charge in [0.25, 0.3) is 0 Å². The Bertz CT molecular complexity index is 1070. The van der Waals surface area contributed by atoms with Gasteiger partial charge in [0.2, 0.25) is 11.9 Å². The third-order valence-electron chi connectivity index (χ3n) is 3.58. The molecule has 9 heteroatoms. The fourth-order valence-corrected chi connectivity index (χ4v) is 3.08. The summed E-state index contributed by atoms with van der Waals surface area (Å²) < 4.78 is 1.49. The number of fused-ring (bicyclic) bond motifs is 3. The fraction of sp³-hybridized carbons (Fsp3) is 0.176. The van der Waals surface area contributed by atoms with Gasteiger partial charge in [-0.05, 0) is 18.6 Å². The number of aromatic nitrogens is 4. The van der Waals surface area contributed by atoms with E-state index in [1.165, 1.54) is 15.9 Å². The number of para-hydroxylation sites is 1. The molecule has 0 spiro atoms. The normalized spacial score (nSPS) is 10.7. The minimum Gasteiger partial charge on any atom is -0.506 e. The van der Waals surface area contributed by atoms with Gasteiger partial charge in [0.1, 0.15) is 5.75 Å². The molecule has 134 valence electrons. The Labute approximate surface area is 153 Å². The molecule has 0 aliphatic rings. The number of carbonyl (C=O) groups is 1. The number of amides is 1. The number of nitrogen functional groups attached to an aromatic ring is 1. The highest BCUT2D eigenvalue weighted by Gasteiger charge is 2.15. The summed E-state index contributed by atoms with van der Waals surface area (Å²) in [4.78, 5) is 18.6. The summed E-state index contributed by atoms with van der Waals surface area (Å²) in [5, 5.41) is 18.4. The predicted octanol–water partition coefficient (Wildman–Crippen LogP) is 2.57. The number of anilines is 1. The van der Waals surface area contributed by atoms with Crippen LogP contribution in [-0.4, -0.2) is 30.6 Å². The molecule has 8 nitrogen and oxygen atoms in total. The van der Waals surface area contributed by atoms with Crippen molar-refractivity contribution >= 4 is 39.7 Å². The van der Waals surface area contributed by atoms with Gasteiger partial charge in [-0.3, -0.25) is 4.79 Å². The molecule has 1 amide bonds. The highest BCUT2D eigenvalue weighted by molar-refractivity contribution is 7.08. The molecule has 0 aliphatic heterocycles. The Morgan fingerprint density at radius 1 is 1.27 bits per heavy atom. The van der Waals surface area contributed by atoms with E-state index >= 15 is 0 Å². The maximum absolute atomic E-state index is 9.82. The summed E-state index contributed by atoms with van der Waals surface area (Å²) in [6.45, 7) is 1.92. The predicted molar refractivity (Wildman–Crippen MR) is 102 cm³/mol. The maximum atomic E-state index is 9.82. The van der Waals surface area contributed by atoms with E-state index in [4.69, 9.17) is 11.5 Å².